The van der Waals surface area contributed by atoms with Crippen molar-refractivity contribution in [2.24, 2.45) is 22.7 Å². The van der Waals surface area contributed by atoms with Gasteiger partial charge in [0.2, 0.25) is 0 Å². The Labute approximate surface area is 152 Å². The SMILES string of the molecule is CC(CC(=O)[O-])CC(C)(C)C.CC(CC(=O)[O-])CC(C)(C)C.[Ni+2]. The minimum Gasteiger partial charge on any atom is -0.550 e. The predicted octanol–water partition coefficient (Wildman–Crippen LogP) is 2.39. The summed E-state index contributed by atoms with van der Waals surface area (Å²) in [6, 6.07) is 0. The Balaban J connectivity index is -0.000000333. The molecule has 0 saturated heterocycles. The third-order valence-electron chi connectivity index (χ3n) is 2.95. The van der Waals surface area contributed by atoms with Crippen molar-refractivity contribution in [3.8, 4) is 0 Å². The van der Waals surface area contributed by atoms with Gasteiger partial charge in [0.15, 0.2) is 0 Å². The van der Waals surface area contributed by atoms with Crippen molar-refractivity contribution in [3.63, 3.8) is 0 Å². The van der Waals surface area contributed by atoms with E-state index in [1.54, 1.807) is 0 Å². The van der Waals surface area contributed by atoms with Gasteiger partial charge in [-0.05, 0) is 48.3 Å². The van der Waals surface area contributed by atoms with Crippen molar-refractivity contribution in [3.05, 3.63) is 0 Å². The Morgan fingerprint density at radius 3 is 1.09 bits per heavy atom. The average Bonchev–Trinajstić information content (AvgIpc) is 2.07. The summed E-state index contributed by atoms with van der Waals surface area (Å²) in [4.78, 5) is 20.4. The van der Waals surface area contributed by atoms with E-state index >= 15 is 0 Å². The van der Waals surface area contributed by atoms with Gasteiger partial charge in [-0.2, -0.15) is 0 Å². The molecule has 0 fully saturated rings. The molecule has 0 radical (unpaired) electrons. The Morgan fingerprint density at radius 1 is 0.739 bits per heavy atom. The number of hydrogen-bond acceptors (Lipinski definition) is 4. The van der Waals surface area contributed by atoms with Gasteiger partial charge in [-0.15, -0.1) is 0 Å². The third kappa shape index (κ3) is 26.6. The summed E-state index contributed by atoms with van der Waals surface area (Å²) in [7, 11) is 0. The molecule has 0 spiro atoms. The second-order valence-electron chi connectivity index (χ2n) is 8.89. The molecule has 4 nitrogen and oxygen atoms in total. The molecule has 0 amide bonds. The molecule has 5 heteroatoms. The summed E-state index contributed by atoms with van der Waals surface area (Å²) < 4.78 is 0. The molecule has 0 aromatic rings. The molecule has 23 heavy (non-hydrogen) atoms. The fraction of sp³-hybridized carbons (Fsp3) is 0.889. The van der Waals surface area contributed by atoms with E-state index in [1.807, 2.05) is 13.8 Å². The van der Waals surface area contributed by atoms with Gasteiger partial charge in [-0.3, -0.25) is 0 Å². The van der Waals surface area contributed by atoms with Gasteiger partial charge < -0.3 is 19.8 Å². The quantitative estimate of drug-likeness (QED) is 0.670. The molecule has 0 aliphatic carbocycles. The summed E-state index contributed by atoms with van der Waals surface area (Å²) >= 11 is 0. The van der Waals surface area contributed by atoms with E-state index in [0.29, 0.717) is 0 Å². The summed E-state index contributed by atoms with van der Waals surface area (Å²) in [6.07, 6.45) is 2.22. The molecule has 2 unspecified atom stereocenters. The molecule has 2 atom stereocenters. The van der Waals surface area contributed by atoms with Crippen LogP contribution in [-0.2, 0) is 26.1 Å². The Kier molecular flexibility index (Phi) is 14.1. The van der Waals surface area contributed by atoms with E-state index in [4.69, 9.17) is 0 Å². The Morgan fingerprint density at radius 2 is 0.957 bits per heavy atom. The van der Waals surface area contributed by atoms with Crippen LogP contribution in [-0.4, -0.2) is 11.9 Å². The zero-order chi connectivity index (χ0) is 18.1. The summed E-state index contributed by atoms with van der Waals surface area (Å²) in [5.74, 6) is -1.44. The largest absolute Gasteiger partial charge is 2.00 e. The average molecular weight is 373 g/mol. The maximum absolute atomic E-state index is 10.2. The smallest absolute Gasteiger partial charge is 0.550 e. The minimum absolute atomic E-state index is 0. The van der Waals surface area contributed by atoms with E-state index in [2.05, 4.69) is 41.5 Å². The zero-order valence-electron chi connectivity index (χ0n) is 15.9. The first kappa shape index (κ1) is 27.3. The van der Waals surface area contributed by atoms with Gasteiger partial charge in [-0.1, -0.05) is 55.4 Å². The van der Waals surface area contributed by atoms with Crippen LogP contribution in [0.5, 0.6) is 0 Å². The maximum atomic E-state index is 10.2. The van der Waals surface area contributed by atoms with Crippen molar-refractivity contribution in [1.82, 2.24) is 0 Å². The Bertz CT molecular complexity index is 306. The van der Waals surface area contributed by atoms with E-state index in [0.717, 1.165) is 12.8 Å². The Hall–Kier alpha value is -0.566. The van der Waals surface area contributed by atoms with Crippen LogP contribution in [0.1, 0.15) is 81.1 Å². The van der Waals surface area contributed by atoms with Crippen LogP contribution in [0, 0.1) is 22.7 Å². The molecule has 0 aliphatic rings. The van der Waals surface area contributed by atoms with Gasteiger partial charge in [0, 0.05) is 11.9 Å². The van der Waals surface area contributed by atoms with E-state index in [9.17, 15) is 19.8 Å². The first-order valence-corrected chi connectivity index (χ1v) is 8.02. The molecular weight excluding hydrogens is 339 g/mol. The molecule has 0 rings (SSSR count). The van der Waals surface area contributed by atoms with Crippen LogP contribution in [0.15, 0.2) is 0 Å². The first-order valence-electron chi connectivity index (χ1n) is 8.02. The number of carboxylic acid groups (broad SMARTS) is 2. The summed E-state index contributed by atoms with van der Waals surface area (Å²) in [5.41, 5.74) is 0.434. The second-order valence-corrected chi connectivity index (χ2v) is 8.89. The topological polar surface area (TPSA) is 80.3 Å². The van der Waals surface area contributed by atoms with Gasteiger partial charge in [0.1, 0.15) is 0 Å². The fourth-order valence-corrected chi connectivity index (χ4v) is 2.80. The molecule has 0 saturated carbocycles. The minimum atomic E-state index is -0.943. The van der Waals surface area contributed by atoms with Gasteiger partial charge >= 0.3 is 16.5 Å². The van der Waals surface area contributed by atoms with Crippen molar-refractivity contribution in [1.29, 1.82) is 0 Å². The van der Waals surface area contributed by atoms with Crippen molar-refractivity contribution in [2.75, 3.05) is 0 Å². The van der Waals surface area contributed by atoms with Crippen LogP contribution in [0.3, 0.4) is 0 Å². The summed E-state index contributed by atoms with van der Waals surface area (Å²) in [6.45, 7) is 16.6. The van der Waals surface area contributed by atoms with E-state index in [-0.39, 0.29) is 52.0 Å². The van der Waals surface area contributed by atoms with Crippen LogP contribution in [0.4, 0.5) is 0 Å². The first-order chi connectivity index (χ1) is 9.62. The number of hydrogen-bond donors (Lipinski definition) is 0. The molecule has 0 bridgehead atoms. The van der Waals surface area contributed by atoms with Crippen LogP contribution in [0.2, 0.25) is 0 Å². The second kappa shape index (κ2) is 11.9. The van der Waals surface area contributed by atoms with Gasteiger partial charge in [0.25, 0.3) is 0 Å². The third-order valence-corrected chi connectivity index (χ3v) is 2.95. The number of aliphatic carboxylic acids is 2. The standard InChI is InChI=1S/2C9H18O2.Ni/c2*1-7(5-8(10)11)6-9(2,3)4;/h2*7H,5-6H2,1-4H3,(H,10,11);/q;;+2/p-2. The molecule has 0 heterocycles. The normalized spacial score (nSPS) is 13.9. The molecular formula is C18H34NiO4. The fourth-order valence-electron chi connectivity index (χ4n) is 2.80. The number of rotatable bonds is 6. The van der Waals surface area contributed by atoms with Crippen molar-refractivity contribution in [2.45, 2.75) is 81.1 Å². The molecule has 0 aliphatic heterocycles. The monoisotopic (exact) mass is 372 g/mol. The van der Waals surface area contributed by atoms with Gasteiger partial charge in [-0.25, -0.2) is 0 Å². The predicted molar refractivity (Wildman–Crippen MR) is 85.7 cm³/mol. The van der Waals surface area contributed by atoms with Crippen LogP contribution < -0.4 is 10.2 Å². The summed E-state index contributed by atoms with van der Waals surface area (Å²) in [5, 5.41) is 20.4. The zero-order valence-corrected chi connectivity index (χ0v) is 16.9. The van der Waals surface area contributed by atoms with Crippen molar-refractivity contribution < 1.29 is 36.3 Å². The van der Waals surface area contributed by atoms with Crippen LogP contribution in [0.25, 0.3) is 0 Å². The maximum Gasteiger partial charge on any atom is 2.00 e. The number of carbonyl (C=O) groups excluding carboxylic acids is 2. The van der Waals surface area contributed by atoms with Crippen LogP contribution >= 0.6 is 0 Å². The number of carboxylic acids is 2. The van der Waals surface area contributed by atoms with Crippen molar-refractivity contribution >= 4 is 11.9 Å². The number of carbonyl (C=O) groups is 2. The van der Waals surface area contributed by atoms with E-state index in [1.165, 1.54) is 0 Å². The molecule has 0 aromatic heterocycles. The molecule has 0 aromatic carbocycles. The van der Waals surface area contributed by atoms with E-state index < -0.39 is 11.9 Å². The molecule has 0 N–H and O–H groups in total. The molecule has 140 valence electrons. The van der Waals surface area contributed by atoms with Gasteiger partial charge in [0.05, 0.1) is 0 Å².